The van der Waals surface area contributed by atoms with Gasteiger partial charge >= 0.3 is 0 Å². The van der Waals surface area contributed by atoms with Crippen molar-refractivity contribution < 1.29 is 22.8 Å². The van der Waals surface area contributed by atoms with Crippen LogP contribution >= 0.6 is 0 Å². The average Bonchev–Trinajstić information content (AvgIpc) is 2.11. The van der Waals surface area contributed by atoms with E-state index < -0.39 is 28.8 Å². The molecular formula is C7H3F4NO. The Hall–Kier alpha value is -1.59. The van der Waals surface area contributed by atoms with Crippen LogP contribution in [-0.4, -0.2) is 11.4 Å². The minimum atomic E-state index is -1.94. The molecule has 0 aliphatic heterocycles. The van der Waals surface area contributed by atoms with Gasteiger partial charge in [0.25, 0.3) is 0 Å². The first-order chi connectivity index (χ1) is 6.07. The van der Waals surface area contributed by atoms with E-state index in [4.69, 9.17) is 5.21 Å². The molecule has 6 heteroatoms. The second-order valence-electron chi connectivity index (χ2n) is 2.13. The van der Waals surface area contributed by atoms with Crippen molar-refractivity contribution in [3.63, 3.8) is 0 Å². The highest BCUT2D eigenvalue weighted by atomic mass is 19.2. The third-order valence-corrected chi connectivity index (χ3v) is 1.33. The van der Waals surface area contributed by atoms with E-state index in [9.17, 15) is 17.6 Å². The quantitative estimate of drug-likeness (QED) is 0.182. The van der Waals surface area contributed by atoms with Crippen molar-refractivity contribution in [1.82, 2.24) is 0 Å². The van der Waals surface area contributed by atoms with Crippen LogP contribution in [0.1, 0.15) is 5.56 Å². The Kier molecular flexibility index (Phi) is 2.50. The predicted octanol–water partition coefficient (Wildman–Crippen LogP) is 2.05. The monoisotopic (exact) mass is 193 g/mol. The van der Waals surface area contributed by atoms with Crippen LogP contribution in [0.15, 0.2) is 11.2 Å². The lowest BCUT2D eigenvalue weighted by Crippen LogP contribution is -2.00. The molecule has 0 atom stereocenters. The number of rotatable bonds is 1. The lowest BCUT2D eigenvalue weighted by atomic mass is 10.2. The van der Waals surface area contributed by atoms with Gasteiger partial charge in [-0.25, -0.2) is 17.6 Å². The van der Waals surface area contributed by atoms with E-state index in [0.29, 0.717) is 12.3 Å². The van der Waals surface area contributed by atoms with Gasteiger partial charge in [-0.3, -0.25) is 0 Å². The molecule has 0 fully saturated rings. The van der Waals surface area contributed by atoms with Crippen LogP contribution in [0.5, 0.6) is 0 Å². The minimum absolute atomic E-state index is 0.382. The number of nitrogens with zero attached hydrogens (tertiary/aromatic N) is 1. The van der Waals surface area contributed by atoms with E-state index in [1.165, 1.54) is 0 Å². The minimum Gasteiger partial charge on any atom is -0.411 e. The SMILES string of the molecule is ON=Cc1cc(F)c(F)c(F)c1F. The van der Waals surface area contributed by atoms with Gasteiger partial charge in [-0.05, 0) is 6.07 Å². The van der Waals surface area contributed by atoms with Crippen molar-refractivity contribution in [3.8, 4) is 0 Å². The summed E-state index contributed by atoms with van der Waals surface area (Å²) in [7, 11) is 0. The van der Waals surface area contributed by atoms with Crippen LogP contribution < -0.4 is 0 Å². The second kappa shape index (κ2) is 3.42. The Morgan fingerprint density at radius 3 is 2.23 bits per heavy atom. The van der Waals surface area contributed by atoms with E-state index in [0.717, 1.165) is 0 Å². The molecule has 0 aromatic heterocycles. The predicted molar refractivity (Wildman–Crippen MR) is 35.7 cm³/mol. The topological polar surface area (TPSA) is 32.6 Å². The van der Waals surface area contributed by atoms with Gasteiger partial charge < -0.3 is 5.21 Å². The van der Waals surface area contributed by atoms with Crippen molar-refractivity contribution in [3.05, 3.63) is 34.9 Å². The van der Waals surface area contributed by atoms with Crippen LogP contribution in [0.3, 0.4) is 0 Å². The van der Waals surface area contributed by atoms with Crippen molar-refractivity contribution in [2.24, 2.45) is 5.16 Å². The van der Waals surface area contributed by atoms with Crippen molar-refractivity contribution >= 4 is 6.21 Å². The summed E-state index contributed by atoms with van der Waals surface area (Å²) in [5.74, 6) is -6.98. The molecule has 0 aliphatic carbocycles. The Labute approximate surface area is 70.1 Å². The molecule has 2 nitrogen and oxygen atoms in total. The Bertz CT molecular complexity index is 364. The third kappa shape index (κ3) is 1.61. The molecule has 0 aliphatic rings. The smallest absolute Gasteiger partial charge is 0.198 e. The van der Waals surface area contributed by atoms with Gasteiger partial charge in [0.15, 0.2) is 23.3 Å². The van der Waals surface area contributed by atoms with Gasteiger partial charge in [0.05, 0.1) is 6.21 Å². The maximum Gasteiger partial charge on any atom is 0.198 e. The number of halogens is 4. The van der Waals surface area contributed by atoms with Gasteiger partial charge in [-0.2, -0.15) is 0 Å². The zero-order valence-corrected chi connectivity index (χ0v) is 6.06. The van der Waals surface area contributed by atoms with Gasteiger partial charge in [-0.15, -0.1) is 0 Å². The molecule has 13 heavy (non-hydrogen) atoms. The van der Waals surface area contributed by atoms with Crippen LogP contribution in [0.4, 0.5) is 17.6 Å². The molecule has 1 aromatic rings. The molecular weight excluding hydrogens is 190 g/mol. The number of oxime groups is 1. The summed E-state index contributed by atoms with van der Waals surface area (Å²) in [5, 5.41) is 10.3. The number of hydrogen-bond donors (Lipinski definition) is 1. The maximum atomic E-state index is 12.6. The van der Waals surface area contributed by atoms with E-state index in [-0.39, 0.29) is 0 Å². The first-order valence-electron chi connectivity index (χ1n) is 3.08. The fourth-order valence-electron chi connectivity index (χ4n) is 0.747. The molecule has 1 rings (SSSR count). The van der Waals surface area contributed by atoms with Crippen LogP contribution in [0.25, 0.3) is 0 Å². The highest BCUT2D eigenvalue weighted by Crippen LogP contribution is 2.17. The zero-order valence-electron chi connectivity index (χ0n) is 6.06. The third-order valence-electron chi connectivity index (χ3n) is 1.33. The van der Waals surface area contributed by atoms with E-state index in [1.54, 1.807) is 0 Å². The number of hydrogen-bond acceptors (Lipinski definition) is 2. The van der Waals surface area contributed by atoms with Gasteiger partial charge in [0.1, 0.15) is 0 Å². The summed E-state index contributed by atoms with van der Waals surface area (Å²) in [6, 6.07) is 0.382. The fourth-order valence-corrected chi connectivity index (χ4v) is 0.747. The summed E-state index contributed by atoms with van der Waals surface area (Å²) in [6.45, 7) is 0. The number of benzene rings is 1. The van der Waals surface area contributed by atoms with Gasteiger partial charge in [-0.1, -0.05) is 5.16 Å². The average molecular weight is 193 g/mol. The van der Waals surface area contributed by atoms with Gasteiger partial charge in [0, 0.05) is 5.56 Å². The molecule has 0 heterocycles. The van der Waals surface area contributed by atoms with Crippen molar-refractivity contribution in [2.75, 3.05) is 0 Å². The summed E-state index contributed by atoms with van der Waals surface area (Å²) in [6.07, 6.45) is 0.459. The lowest BCUT2D eigenvalue weighted by Gasteiger charge is -1.99. The summed E-state index contributed by atoms with van der Waals surface area (Å²) in [4.78, 5) is 0. The standard InChI is InChI=1S/C7H3F4NO/c8-4-1-3(2-12-13)5(9)7(11)6(4)10/h1-2,13H. The molecule has 1 N–H and O–H groups in total. The van der Waals surface area contributed by atoms with E-state index >= 15 is 0 Å². The molecule has 0 amide bonds. The zero-order chi connectivity index (χ0) is 10.0. The Morgan fingerprint density at radius 2 is 1.69 bits per heavy atom. The first-order valence-corrected chi connectivity index (χ1v) is 3.08. The summed E-state index contributed by atoms with van der Waals surface area (Å²) < 4.78 is 49.8. The molecule has 70 valence electrons. The van der Waals surface area contributed by atoms with E-state index in [1.807, 2.05) is 0 Å². The van der Waals surface area contributed by atoms with Crippen LogP contribution in [0.2, 0.25) is 0 Å². The Balaban J connectivity index is 3.40. The molecule has 0 saturated heterocycles. The summed E-state index contributed by atoms with van der Waals surface area (Å²) >= 11 is 0. The largest absolute Gasteiger partial charge is 0.411 e. The molecule has 0 radical (unpaired) electrons. The van der Waals surface area contributed by atoms with Gasteiger partial charge in [0.2, 0.25) is 0 Å². The Morgan fingerprint density at radius 1 is 1.08 bits per heavy atom. The van der Waals surface area contributed by atoms with Crippen LogP contribution in [0, 0.1) is 23.3 Å². The first kappa shape index (κ1) is 9.50. The van der Waals surface area contributed by atoms with Crippen LogP contribution in [-0.2, 0) is 0 Å². The molecule has 0 unspecified atom stereocenters. The fraction of sp³-hybridized carbons (Fsp3) is 0. The normalized spacial score (nSPS) is 11.1. The lowest BCUT2D eigenvalue weighted by molar-refractivity contribution is 0.321. The second-order valence-corrected chi connectivity index (χ2v) is 2.13. The molecule has 1 aromatic carbocycles. The molecule has 0 saturated carbocycles. The highest BCUT2D eigenvalue weighted by molar-refractivity contribution is 5.79. The van der Waals surface area contributed by atoms with Crippen molar-refractivity contribution in [1.29, 1.82) is 0 Å². The summed E-state index contributed by atoms with van der Waals surface area (Å²) in [5.41, 5.74) is -0.668. The molecule has 0 bridgehead atoms. The highest BCUT2D eigenvalue weighted by Gasteiger charge is 2.17. The maximum absolute atomic E-state index is 12.6. The molecule has 0 spiro atoms. The van der Waals surface area contributed by atoms with Crippen molar-refractivity contribution in [2.45, 2.75) is 0 Å². The van der Waals surface area contributed by atoms with E-state index in [2.05, 4.69) is 5.16 Å².